The van der Waals surface area contributed by atoms with Gasteiger partial charge in [-0.1, -0.05) is 6.07 Å². The van der Waals surface area contributed by atoms with E-state index < -0.39 is 0 Å². The molecule has 0 saturated heterocycles. The summed E-state index contributed by atoms with van der Waals surface area (Å²) in [7, 11) is 1.75. The number of hydrogen-bond donors (Lipinski definition) is 1. The Kier molecular flexibility index (Phi) is 4.57. The van der Waals surface area contributed by atoms with Gasteiger partial charge in [0.1, 0.15) is 18.8 Å². The van der Waals surface area contributed by atoms with Crippen molar-refractivity contribution in [1.29, 1.82) is 0 Å². The lowest BCUT2D eigenvalue weighted by Crippen LogP contribution is -2.35. The van der Waals surface area contributed by atoms with Gasteiger partial charge in [0, 0.05) is 24.7 Å². The summed E-state index contributed by atoms with van der Waals surface area (Å²) in [6, 6.07) is 5.28. The van der Waals surface area contributed by atoms with Gasteiger partial charge < -0.3 is 10.1 Å². The van der Waals surface area contributed by atoms with Crippen molar-refractivity contribution in [3.8, 4) is 6.01 Å². The SMILES string of the molecule is Cn1cnc(OCc2cc(CNC(C)(C)C)ccc2F)n1. The molecule has 0 bridgehead atoms. The molecule has 1 aromatic carbocycles. The Balaban J connectivity index is 2.01. The first-order valence-electron chi connectivity index (χ1n) is 6.84. The first-order valence-corrected chi connectivity index (χ1v) is 6.84. The maximum absolute atomic E-state index is 13.8. The number of halogens is 1. The van der Waals surface area contributed by atoms with Gasteiger partial charge in [0.2, 0.25) is 0 Å². The predicted octanol–water partition coefficient (Wildman–Crippen LogP) is 2.42. The molecule has 1 N–H and O–H groups in total. The van der Waals surface area contributed by atoms with Crippen LogP contribution < -0.4 is 10.1 Å². The fraction of sp³-hybridized carbons (Fsp3) is 0.467. The van der Waals surface area contributed by atoms with Crippen LogP contribution in [0.25, 0.3) is 0 Å². The first-order chi connectivity index (χ1) is 9.83. The molecule has 0 spiro atoms. The van der Waals surface area contributed by atoms with Crippen molar-refractivity contribution >= 4 is 0 Å². The van der Waals surface area contributed by atoms with Crippen molar-refractivity contribution in [3.63, 3.8) is 0 Å². The summed E-state index contributed by atoms with van der Waals surface area (Å²) >= 11 is 0. The number of ether oxygens (including phenoxy) is 1. The quantitative estimate of drug-likeness (QED) is 0.919. The molecule has 0 unspecified atom stereocenters. The van der Waals surface area contributed by atoms with E-state index in [0.29, 0.717) is 12.1 Å². The molecule has 1 aromatic heterocycles. The number of aromatic nitrogens is 3. The molecule has 6 heteroatoms. The lowest BCUT2D eigenvalue weighted by molar-refractivity contribution is 0.274. The smallest absolute Gasteiger partial charge is 0.335 e. The van der Waals surface area contributed by atoms with Crippen molar-refractivity contribution < 1.29 is 9.13 Å². The van der Waals surface area contributed by atoms with Crippen LogP contribution in [-0.4, -0.2) is 20.3 Å². The molecule has 0 saturated carbocycles. The van der Waals surface area contributed by atoms with Crippen molar-refractivity contribution in [1.82, 2.24) is 20.1 Å². The third-order valence-corrected chi connectivity index (χ3v) is 2.87. The third-order valence-electron chi connectivity index (χ3n) is 2.87. The minimum atomic E-state index is -0.287. The van der Waals surface area contributed by atoms with Crippen LogP contribution in [0.2, 0.25) is 0 Å². The van der Waals surface area contributed by atoms with Gasteiger partial charge in [-0.25, -0.2) is 4.39 Å². The normalized spacial score (nSPS) is 11.7. The van der Waals surface area contributed by atoms with E-state index in [9.17, 15) is 4.39 Å². The van der Waals surface area contributed by atoms with Crippen LogP contribution in [0.1, 0.15) is 31.9 Å². The Bertz CT molecular complexity index is 604. The van der Waals surface area contributed by atoms with E-state index in [1.54, 1.807) is 19.2 Å². The highest BCUT2D eigenvalue weighted by Crippen LogP contribution is 2.14. The molecule has 0 aliphatic rings. The van der Waals surface area contributed by atoms with Gasteiger partial charge in [-0.15, -0.1) is 5.10 Å². The summed E-state index contributed by atoms with van der Waals surface area (Å²) in [5, 5.41) is 7.37. The Morgan fingerprint density at radius 2 is 2.10 bits per heavy atom. The summed E-state index contributed by atoms with van der Waals surface area (Å²) in [5.74, 6) is -0.287. The van der Waals surface area contributed by atoms with Crippen LogP contribution >= 0.6 is 0 Å². The highest BCUT2D eigenvalue weighted by molar-refractivity contribution is 5.25. The van der Waals surface area contributed by atoms with Crippen molar-refractivity contribution in [3.05, 3.63) is 41.5 Å². The van der Waals surface area contributed by atoms with Gasteiger partial charge in [-0.2, -0.15) is 4.98 Å². The maximum atomic E-state index is 13.8. The van der Waals surface area contributed by atoms with Crippen LogP contribution in [0.3, 0.4) is 0 Å². The molecular formula is C15H21FN4O. The second-order valence-corrected chi connectivity index (χ2v) is 6.02. The van der Waals surface area contributed by atoms with Crippen molar-refractivity contribution in [2.45, 2.75) is 39.5 Å². The summed E-state index contributed by atoms with van der Waals surface area (Å²) < 4.78 is 20.7. The molecule has 114 valence electrons. The fourth-order valence-electron chi connectivity index (χ4n) is 1.74. The highest BCUT2D eigenvalue weighted by Gasteiger charge is 2.10. The molecule has 2 rings (SSSR count). The molecule has 21 heavy (non-hydrogen) atoms. The van der Waals surface area contributed by atoms with E-state index in [0.717, 1.165) is 5.56 Å². The standard InChI is InChI=1S/C15H21FN4O/c1-15(2,3)18-8-11-5-6-13(16)12(7-11)9-21-14-17-10-20(4)19-14/h5-7,10,18H,8-9H2,1-4H3. The van der Waals surface area contributed by atoms with Crippen LogP contribution in [0.4, 0.5) is 4.39 Å². The Morgan fingerprint density at radius 3 is 2.71 bits per heavy atom. The van der Waals surface area contributed by atoms with Crippen LogP contribution in [0.15, 0.2) is 24.5 Å². The largest absolute Gasteiger partial charge is 0.457 e. The maximum Gasteiger partial charge on any atom is 0.335 e. The molecule has 1 heterocycles. The predicted molar refractivity (Wildman–Crippen MR) is 78.3 cm³/mol. The number of rotatable bonds is 5. The Labute approximate surface area is 124 Å². The Hall–Kier alpha value is -1.95. The topological polar surface area (TPSA) is 52.0 Å². The molecule has 0 atom stereocenters. The molecule has 0 fully saturated rings. The summed E-state index contributed by atoms with van der Waals surface area (Å²) in [4.78, 5) is 3.95. The molecule has 0 radical (unpaired) electrons. The van der Waals surface area contributed by atoms with Crippen LogP contribution in [-0.2, 0) is 20.2 Å². The lowest BCUT2D eigenvalue weighted by atomic mass is 10.1. The molecule has 0 aliphatic carbocycles. The number of benzene rings is 1. The van der Waals surface area contributed by atoms with E-state index in [2.05, 4.69) is 36.2 Å². The van der Waals surface area contributed by atoms with E-state index in [1.807, 2.05) is 0 Å². The number of nitrogens with zero attached hydrogens (tertiary/aromatic N) is 3. The van der Waals surface area contributed by atoms with Gasteiger partial charge in [0.25, 0.3) is 0 Å². The summed E-state index contributed by atoms with van der Waals surface area (Å²) in [6.45, 7) is 7.06. The van der Waals surface area contributed by atoms with E-state index >= 15 is 0 Å². The average molecular weight is 292 g/mol. The molecule has 2 aromatic rings. The zero-order chi connectivity index (χ0) is 15.5. The molecule has 5 nitrogen and oxygen atoms in total. The monoisotopic (exact) mass is 292 g/mol. The molecule has 0 aliphatic heterocycles. The van der Waals surface area contributed by atoms with Gasteiger partial charge >= 0.3 is 6.01 Å². The number of hydrogen-bond acceptors (Lipinski definition) is 4. The lowest BCUT2D eigenvalue weighted by Gasteiger charge is -2.20. The minimum absolute atomic E-state index is 0.0168. The second-order valence-electron chi connectivity index (χ2n) is 6.02. The van der Waals surface area contributed by atoms with Gasteiger partial charge in [-0.3, -0.25) is 4.68 Å². The second kappa shape index (κ2) is 6.22. The Morgan fingerprint density at radius 1 is 1.33 bits per heavy atom. The van der Waals surface area contributed by atoms with Gasteiger partial charge in [-0.05, 0) is 38.5 Å². The van der Waals surface area contributed by atoms with Crippen LogP contribution in [0.5, 0.6) is 6.01 Å². The van der Waals surface area contributed by atoms with Crippen molar-refractivity contribution in [2.75, 3.05) is 0 Å². The highest BCUT2D eigenvalue weighted by atomic mass is 19.1. The molecular weight excluding hydrogens is 271 g/mol. The minimum Gasteiger partial charge on any atom is -0.457 e. The number of nitrogens with one attached hydrogen (secondary N) is 1. The van der Waals surface area contributed by atoms with Crippen molar-refractivity contribution in [2.24, 2.45) is 7.05 Å². The number of aryl methyl sites for hydroxylation is 1. The first kappa shape index (κ1) is 15.4. The van der Waals surface area contributed by atoms with E-state index in [1.165, 1.54) is 17.1 Å². The van der Waals surface area contributed by atoms with Crippen LogP contribution in [0, 0.1) is 5.82 Å². The van der Waals surface area contributed by atoms with E-state index in [-0.39, 0.29) is 24.0 Å². The zero-order valence-corrected chi connectivity index (χ0v) is 12.9. The van der Waals surface area contributed by atoms with E-state index in [4.69, 9.17) is 4.74 Å². The third kappa shape index (κ3) is 4.82. The van der Waals surface area contributed by atoms with Gasteiger partial charge in [0.05, 0.1) is 0 Å². The summed E-state index contributed by atoms with van der Waals surface area (Å²) in [6.07, 6.45) is 1.54. The summed E-state index contributed by atoms with van der Waals surface area (Å²) in [5.41, 5.74) is 1.53. The molecule has 0 amide bonds. The zero-order valence-electron chi connectivity index (χ0n) is 12.9. The fourth-order valence-corrected chi connectivity index (χ4v) is 1.74. The van der Waals surface area contributed by atoms with Gasteiger partial charge in [0.15, 0.2) is 0 Å². The average Bonchev–Trinajstić information content (AvgIpc) is 2.81.